The lowest BCUT2D eigenvalue weighted by Gasteiger charge is -2.07. The van der Waals surface area contributed by atoms with Gasteiger partial charge in [-0.1, -0.05) is 18.2 Å². The molecule has 1 heterocycles. The summed E-state index contributed by atoms with van der Waals surface area (Å²) in [4.78, 5) is 12.0. The molecule has 2 aromatic rings. The average molecular weight is 325 g/mol. The van der Waals surface area contributed by atoms with Crippen molar-refractivity contribution in [2.75, 3.05) is 20.1 Å². The lowest BCUT2D eigenvalue weighted by Crippen LogP contribution is -2.27. The van der Waals surface area contributed by atoms with Gasteiger partial charge in [-0.3, -0.25) is 4.79 Å². The van der Waals surface area contributed by atoms with Crippen LogP contribution in [0.4, 0.5) is 0 Å². The Hall–Kier alpha value is -1.98. The zero-order valence-electron chi connectivity index (χ0n) is 12.5. The van der Waals surface area contributed by atoms with Gasteiger partial charge >= 0.3 is 0 Å². The van der Waals surface area contributed by atoms with Crippen molar-refractivity contribution >= 4 is 18.3 Å². The predicted molar refractivity (Wildman–Crippen MR) is 87.6 cm³/mol. The standard InChI is InChI=1S/C16H20N2O3.ClH/c1-17-9-5-10-18-16(19)15-13(8-11-20-15)12-21-14-6-3-2-4-7-14;/h2-4,6-8,11,17H,5,9-10,12H2,1H3,(H,18,19);1H. The van der Waals surface area contributed by atoms with Gasteiger partial charge in [-0.05, 0) is 38.2 Å². The van der Waals surface area contributed by atoms with Crippen LogP contribution in [0.5, 0.6) is 5.75 Å². The van der Waals surface area contributed by atoms with Crippen molar-refractivity contribution in [3.63, 3.8) is 0 Å². The number of para-hydroxylation sites is 1. The molecule has 1 amide bonds. The summed E-state index contributed by atoms with van der Waals surface area (Å²) in [6.07, 6.45) is 2.38. The van der Waals surface area contributed by atoms with Crippen LogP contribution in [0.2, 0.25) is 0 Å². The molecule has 1 aromatic carbocycles. The van der Waals surface area contributed by atoms with Gasteiger partial charge in [-0.25, -0.2) is 0 Å². The first-order chi connectivity index (χ1) is 10.3. The third-order valence-corrected chi connectivity index (χ3v) is 2.98. The van der Waals surface area contributed by atoms with Crippen LogP contribution in [0.25, 0.3) is 0 Å². The van der Waals surface area contributed by atoms with Crippen LogP contribution in [-0.4, -0.2) is 26.0 Å². The van der Waals surface area contributed by atoms with Crippen molar-refractivity contribution < 1.29 is 13.9 Å². The zero-order valence-corrected chi connectivity index (χ0v) is 13.3. The summed E-state index contributed by atoms with van der Waals surface area (Å²) in [6, 6.07) is 11.2. The van der Waals surface area contributed by atoms with E-state index in [9.17, 15) is 4.79 Å². The Kier molecular flexibility index (Phi) is 8.10. The first-order valence-electron chi connectivity index (χ1n) is 6.98. The molecule has 0 spiro atoms. The van der Waals surface area contributed by atoms with Crippen molar-refractivity contribution in [3.05, 3.63) is 54.0 Å². The number of ether oxygens (including phenoxy) is 1. The Morgan fingerprint density at radius 3 is 2.68 bits per heavy atom. The van der Waals surface area contributed by atoms with Crippen molar-refractivity contribution in [2.45, 2.75) is 13.0 Å². The Balaban J connectivity index is 0.00000242. The van der Waals surface area contributed by atoms with Gasteiger partial charge in [0.15, 0.2) is 5.76 Å². The van der Waals surface area contributed by atoms with Crippen LogP contribution < -0.4 is 15.4 Å². The minimum Gasteiger partial charge on any atom is -0.489 e. The second kappa shape index (κ2) is 9.87. The smallest absolute Gasteiger partial charge is 0.287 e. The minimum absolute atomic E-state index is 0. The van der Waals surface area contributed by atoms with Gasteiger partial charge in [0, 0.05) is 12.1 Å². The van der Waals surface area contributed by atoms with E-state index in [1.165, 1.54) is 6.26 Å². The Morgan fingerprint density at radius 1 is 1.18 bits per heavy atom. The van der Waals surface area contributed by atoms with Crippen LogP contribution in [0.1, 0.15) is 22.5 Å². The van der Waals surface area contributed by atoms with Crippen molar-refractivity contribution in [3.8, 4) is 5.75 Å². The maximum absolute atomic E-state index is 12.0. The second-order valence-corrected chi connectivity index (χ2v) is 4.59. The summed E-state index contributed by atoms with van der Waals surface area (Å²) in [5.41, 5.74) is 0.741. The van der Waals surface area contributed by atoms with E-state index in [-0.39, 0.29) is 18.3 Å². The molecule has 22 heavy (non-hydrogen) atoms. The highest BCUT2D eigenvalue weighted by Crippen LogP contribution is 2.15. The van der Waals surface area contributed by atoms with Crippen molar-refractivity contribution in [1.29, 1.82) is 0 Å². The van der Waals surface area contributed by atoms with E-state index in [0.29, 0.717) is 18.9 Å². The van der Waals surface area contributed by atoms with E-state index in [4.69, 9.17) is 9.15 Å². The van der Waals surface area contributed by atoms with E-state index in [1.54, 1.807) is 6.07 Å². The molecular weight excluding hydrogens is 304 g/mol. The summed E-state index contributed by atoms with van der Waals surface area (Å²) < 4.78 is 10.9. The molecule has 1 aromatic heterocycles. The summed E-state index contributed by atoms with van der Waals surface area (Å²) in [6.45, 7) is 1.78. The number of hydrogen-bond donors (Lipinski definition) is 2. The highest BCUT2D eigenvalue weighted by Gasteiger charge is 2.15. The number of rotatable bonds is 8. The lowest BCUT2D eigenvalue weighted by molar-refractivity contribution is 0.0922. The number of amides is 1. The molecule has 0 saturated carbocycles. The number of hydrogen-bond acceptors (Lipinski definition) is 4. The molecule has 0 aliphatic heterocycles. The maximum Gasteiger partial charge on any atom is 0.287 e. The fourth-order valence-electron chi connectivity index (χ4n) is 1.87. The molecule has 0 aliphatic rings. The fourth-order valence-corrected chi connectivity index (χ4v) is 1.87. The quantitative estimate of drug-likeness (QED) is 0.733. The molecule has 0 aliphatic carbocycles. The average Bonchev–Trinajstić information content (AvgIpc) is 2.99. The maximum atomic E-state index is 12.0. The van der Waals surface area contributed by atoms with Gasteiger partial charge in [0.1, 0.15) is 12.4 Å². The molecular formula is C16H21ClN2O3. The first-order valence-corrected chi connectivity index (χ1v) is 6.98. The third kappa shape index (κ3) is 5.42. The van der Waals surface area contributed by atoms with Crippen LogP contribution in [-0.2, 0) is 6.61 Å². The van der Waals surface area contributed by atoms with Gasteiger partial charge < -0.3 is 19.8 Å². The van der Waals surface area contributed by atoms with E-state index in [0.717, 1.165) is 24.3 Å². The largest absolute Gasteiger partial charge is 0.489 e. The van der Waals surface area contributed by atoms with Gasteiger partial charge in [0.25, 0.3) is 5.91 Å². The molecule has 0 fully saturated rings. The molecule has 0 bridgehead atoms. The molecule has 0 saturated heterocycles. The molecule has 0 radical (unpaired) electrons. The normalized spacial score (nSPS) is 9.86. The van der Waals surface area contributed by atoms with Crippen molar-refractivity contribution in [1.82, 2.24) is 10.6 Å². The van der Waals surface area contributed by atoms with Gasteiger partial charge in [-0.2, -0.15) is 0 Å². The zero-order chi connectivity index (χ0) is 14.9. The predicted octanol–water partition coefficient (Wildman–Crippen LogP) is 2.62. The van der Waals surface area contributed by atoms with Crippen LogP contribution >= 0.6 is 12.4 Å². The summed E-state index contributed by atoms with van der Waals surface area (Å²) >= 11 is 0. The third-order valence-electron chi connectivity index (χ3n) is 2.98. The Bertz CT molecular complexity index is 558. The number of carbonyl (C=O) groups is 1. The number of nitrogens with one attached hydrogen (secondary N) is 2. The number of furan rings is 1. The molecule has 6 heteroatoms. The summed E-state index contributed by atoms with van der Waals surface area (Å²) in [5.74, 6) is 0.872. The highest BCUT2D eigenvalue weighted by atomic mass is 35.5. The van der Waals surface area contributed by atoms with E-state index < -0.39 is 0 Å². The minimum atomic E-state index is -0.206. The van der Waals surface area contributed by atoms with Gasteiger partial charge in [-0.15, -0.1) is 12.4 Å². The second-order valence-electron chi connectivity index (χ2n) is 4.59. The SMILES string of the molecule is CNCCCNC(=O)c1occc1COc1ccccc1.Cl. The molecule has 0 unspecified atom stereocenters. The van der Waals surface area contributed by atoms with E-state index >= 15 is 0 Å². The lowest BCUT2D eigenvalue weighted by atomic mass is 10.2. The van der Waals surface area contributed by atoms with E-state index in [1.807, 2.05) is 37.4 Å². The summed E-state index contributed by atoms with van der Waals surface area (Å²) in [5, 5.41) is 5.86. The van der Waals surface area contributed by atoms with Crippen LogP contribution in [0.3, 0.4) is 0 Å². The van der Waals surface area contributed by atoms with Gasteiger partial charge in [0.2, 0.25) is 0 Å². The Morgan fingerprint density at radius 2 is 1.95 bits per heavy atom. The van der Waals surface area contributed by atoms with Gasteiger partial charge in [0.05, 0.1) is 6.26 Å². The number of benzene rings is 1. The van der Waals surface area contributed by atoms with Crippen LogP contribution in [0.15, 0.2) is 47.1 Å². The molecule has 2 rings (SSSR count). The molecule has 0 atom stereocenters. The monoisotopic (exact) mass is 324 g/mol. The molecule has 120 valence electrons. The summed E-state index contributed by atoms with van der Waals surface area (Å²) in [7, 11) is 1.88. The van der Waals surface area contributed by atoms with Crippen LogP contribution in [0, 0.1) is 0 Å². The Labute approximate surface area is 136 Å². The number of carbonyl (C=O) groups excluding carboxylic acids is 1. The molecule has 5 nitrogen and oxygen atoms in total. The van der Waals surface area contributed by atoms with E-state index in [2.05, 4.69) is 10.6 Å². The number of halogens is 1. The highest BCUT2D eigenvalue weighted by molar-refractivity contribution is 5.92. The first kappa shape index (κ1) is 18.1. The fraction of sp³-hybridized carbons (Fsp3) is 0.312. The topological polar surface area (TPSA) is 63.5 Å². The molecule has 2 N–H and O–H groups in total. The van der Waals surface area contributed by atoms with Crippen molar-refractivity contribution in [2.24, 2.45) is 0 Å².